The van der Waals surface area contributed by atoms with E-state index < -0.39 is 17.0 Å². The average Bonchev–Trinajstić information content (AvgIpc) is 3.68. The Balaban J connectivity index is 0.000000867. The molecule has 3 aromatic rings. The van der Waals surface area contributed by atoms with Crippen LogP contribution in [0, 0.1) is 5.92 Å². The lowest BCUT2D eigenvalue weighted by Gasteiger charge is -2.26. The van der Waals surface area contributed by atoms with E-state index >= 15 is 0 Å². The summed E-state index contributed by atoms with van der Waals surface area (Å²) in [5.74, 6) is 1.37. The van der Waals surface area contributed by atoms with Gasteiger partial charge in [-0.15, -0.1) is 0 Å². The monoisotopic (exact) mass is 571 g/mol. The Morgan fingerprint density at radius 1 is 1.12 bits per heavy atom. The molecule has 0 bridgehead atoms. The number of fused-ring (bicyclic) bond motifs is 1. The number of furan rings is 1. The second-order valence-corrected chi connectivity index (χ2v) is 11.5. The van der Waals surface area contributed by atoms with E-state index in [0.29, 0.717) is 34.9 Å². The zero-order valence-electron chi connectivity index (χ0n) is 22.9. The third kappa shape index (κ3) is 7.19. The first-order chi connectivity index (χ1) is 19.2. The van der Waals surface area contributed by atoms with Crippen LogP contribution in [0.15, 0.2) is 34.7 Å². The molecule has 216 valence electrons. The predicted molar refractivity (Wildman–Crippen MR) is 152 cm³/mol. The summed E-state index contributed by atoms with van der Waals surface area (Å²) in [7, 11) is -1.10. The molecule has 3 N–H and O–H groups in total. The Morgan fingerprint density at radius 3 is 2.33 bits per heavy atom. The maximum absolute atomic E-state index is 13.0. The number of carbonyl (C=O) groups excluding carboxylic acids is 1. The molecule has 0 aliphatic heterocycles. The molecule has 2 aliphatic rings. The molecule has 11 heteroatoms. The predicted octanol–water partition coefficient (Wildman–Crippen LogP) is 5.43. The third-order valence-electron chi connectivity index (χ3n) is 7.71. The van der Waals surface area contributed by atoms with Crippen LogP contribution < -0.4 is 5.32 Å². The van der Waals surface area contributed by atoms with Crippen molar-refractivity contribution in [2.75, 3.05) is 13.6 Å². The van der Waals surface area contributed by atoms with E-state index in [1.807, 2.05) is 30.3 Å². The van der Waals surface area contributed by atoms with Crippen molar-refractivity contribution in [2.24, 2.45) is 5.92 Å². The van der Waals surface area contributed by atoms with Crippen LogP contribution >= 0.6 is 0 Å². The highest BCUT2D eigenvalue weighted by Crippen LogP contribution is 2.44. The number of nitrogens with one attached hydrogen (secondary N) is 1. The standard InChI is InChI=1S/C28H35N3O4S.CH2O3/c1-3-18-9-11-21(12-10-18)26-25(27(32)29-2)23-16-22(20-13-14-20)24(30-28(23)35-26)17-31(36(33)34)15-5-8-19-6-4-7-19;2-1(3)4/h9-12,16,19-20,36H,3-8,13-15,17H2,1-2H3,(H,29,32);(H2,2,3,4). The normalized spacial score (nSPS) is 15.1. The van der Waals surface area contributed by atoms with E-state index in [-0.39, 0.29) is 12.5 Å². The van der Waals surface area contributed by atoms with Crippen molar-refractivity contribution in [3.63, 3.8) is 0 Å². The van der Waals surface area contributed by atoms with Crippen LogP contribution in [0.2, 0.25) is 0 Å². The van der Waals surface area contributed by atoms with Gasteiger partial charge in [0, 0.05) is 19.2 Å². The van der Waals surface area contributed by atoms with E-state index in [0.717, 1.165) is 54.8 Å². The first-order valence-corrected chi connectivity index (χ1v) is 14.9. The number of carboxylic acid groups (broad SMARTS) is 2. The van der Waals surface area contributed by atoms with Gasteiger partial charge in [-0.25, -0.2) is 18.2 Å². The molecule has 40 heavy (non-hydrogen) atoms. The molecule has 0 radical (unpaired) electrons. The Bertz CT molecular complexity index is 1410. The zero-order chi connectivity index (χ0) is 28.8. The summed E-state index contributed by atoms with van der Waals surface area (Å²) in [6.07, 6.45) is 6.96. The summed E-state index contributed by atoms with van der Waals surface area (Å²) in [4.78, 5) is 26.4. The first-order valence-electron chi connectivity index (χ1n) is 13.8. The molecule has 2 aromatic heterocycles. The van der Waals surface area contributed by atoms with Crippen LogP contribution in [0.5, 0.6) is 0 Å². The second kappa shape index (κ2) is 13.3. The fraction of sp³-hybridized carbons (Fsp3) is 0.483. The lowest BCUT2D eigenvalue weighted by Crippen LogP contribution is -2.25. The van der Waals surface area contributed by atoms with Crippen LogP contribution in [0.25, 0.3) is 22.4 Å². The van der Waals surface area contributed by atoms with Crippen LogP contribution in [0.4, 0.5) is 4.79 Å². The number of pyridine rings is 1. The fourth-order valence-corrected chi connectivity index (χ4v) is 5.68. The Hall–Kier alpha value is -3.44. The van der Waals surface area contributed by atoms with Crippen molar-refractivity contribution in [3.05, 3.63) is 52.7 Å². The number of thiol groups is 1. The molecule has 0 saturated heterocycles. The Morgan fingerprint density at radius 2 is 1.80 bits per heavy atom. The molecule has 2 fully saturated rings. The molecule has 1 aromatic carbocycles. The molecule has 10 nitrogen and oxygen atoms in total. The lowest BCUT2D eigenvalue weighted by molar-refractivity contribution is 0.0964. The molecule has 0 unspecified atom stereocenters. The molecule has 0 atom stereocenters. The van der Waals surface area contributed by atoms with E-state index in [1.54, 1.807) is 7.05 Å². The average molecular weight is 572 g/mol. The number of hydrogen-bond acceptors (Lipinski definition) is 6. The van der Waals surface area contributed by atoms with Gasteiger partial charge in [-0.3, -0.25) is 4.79 Å². The van der Waals surface area contributed by atoms with Gasteiger partial charge in [0.05, 0.1) is 23.2 Å². The van der Waals surface area contributed by atoms with Crippen molar-refractivity contribution >= 4 is 34.1 Å². The minimum absolute atomic E-state index is 0.222. The van der Waals surface area contributed by atoms with Gasteiger partial charge in [0.25, 0.3) is 5.91 Å². The minimum atomic E-state index is -2.72. The van der Waals surface area contributed by atoms with E-state index in [1.165, 1.54) is 29.1 Å². The maximum atomic E-state index is 13.0. The molecule has 1 amide bonds. The highest BCUT2D eigenvalue weighted by atomic mass is 32.2. The molecule has 5 rings (SSSR count). The molecule has 2 aliphatic carbocycles. The molecule has 2 heterocycles. The number of hydrogen-bond donors (Lipinski definition) is 4. The summed E-state index contributed by atoms with van der Waals surface area (Å²) < 4.78 is 31.9. The fourth-order valence-electron chi connectivity index (χ4n) is 5.13. The topological polar surface area (TPSA) is 150 Å². The van der Waals surface area contributed by atoms with Crippen molar-refractivity contribution in [1.82, 2.24) is 14.6 Å². The number of amides is 1. The largest absolute Gasteiger partial charge is 0.503 e. The van der Waals surface area contributed by atoms with Crippen LogP contribution in [-0.4, -0.2) is 53.6 Å². The van der Waals surface area contributed by atoms with Gasteiger partial charge >= 0.3 is 6.16 Å². The van der Waals surface area contributed by atoms with E-state index in [9.17, 15) is 13.2 Å². The molecule has 0 spiro atoms. The van der Waals surface area contributed by atoms with Gasteiger partial charge in [0.2, 0.25) is 16.6 Å². The van der Waals surface area contributed by atoms with Gasteiger partial charge in [0.15, 0.2) is 0 Å². The summed E-state index contributed by atoms with van der Waals surface area (Å²) >= 11 is 0. The quantitative estimate of drug-likeness (QED) is 0.223. The number of benzene rings is 1. The SMILES string of the molecule is CCc1ccc(-c2oc3nc(CN(CCCC4CCC4)[SH](=O)=O)c(C4CC4)cc3c2C(=O)NC)cc1.O=C(O)O. The Labute approximate surface area is 235 Å². The summed E-state index contributed by atoms with van der Waals surface area (Å²) in [6, 6.07) is 10.0. The van der Waals surface area contributed by atoms with E-state index in [2.05, 4.69) is 12.2 Å². The van der Waals surface area contributed by atoms with Crippen molar-refractivity contribution < 1.29 is 32.6 Å². The van der Waals surface area contributed by atoms with Crippen LogP contribution in [-0.2, 0) is 23.9 Å². The Kier molecular flexibility index (Phi) is 9.80. The van der Waals surface area contributed by atoms with Gasteiger partial charge in [0.1, 0.15) is 5.76 Å². The highest BCUT2D eigenvalue weighted by molar-refractivity contribution is 7.69. The molecular weight excluding hydrogens is 534 g/mol. The van der Waals surface area contributed by atoms with Crippen LogP contribution in [0.1, 0.15) is 85.0 Å². The number of carbonyl (C=O) groups is 2. The van der Waals surface area contributed by atoms with Crippen molar-refractivity contribution in [3.8, 4) is 11.3 Å². The van der Waals surface area contributed by atoms with Gasteiger partial charge < -0.3 is 19.9 Å². The molecular formula is C29H37N3O7S. The van der Waals surface area contributed by atoms with Gasteiger partial charge in [-0.1, -0.05) is 50.5 Å². The lowest BCUT2D eigenvalue weighted by atomic mass is 9.82. The minimum Gasteiger partial charge on any atom is -0.450 e. The second-order valence-electron chi connectivity index (χ2n) is 10.4. The molecule has 2 saturated carbocycles. The van der Waals surface area contributed by atoms with Crippen molar-refractivity contribution in [2.45, 2.75) is 70.8 Å². The van der Waals surface area contributed by atoms with Gasteiger partial charge in [-0.05, 0) is 61.1 Å². The number of nitrogens with zero attached hydrogens (tertiary/aromatic N) is 2. The summed E-state index contributed by atoms with van der Waals surface area (Å²) in [5.41, 5.74) is 4.64. The number of rotatable bonds is 11. The summed E-state index contributed by atoms with van der Waals surface area (Å²) in [5, 5.41) is 17.4. The van der Waals surface area contributed by atoms with E-state index in [4.69, 9.17) is 24.4 Å². The first kappa shape index (κ1) is 29.5. The highest BCUT2D eigenvalue weighted by Gasteiger charge is 2.31. The third-order valence-corrected chi connectivity index (χ3v) is 8.51. The van der Waals surface area contributed by atoms with Crippen molar-refractivity contribution in [1.29, 1.82) is 0 Å². The zero-order valence-corrected chi connectivity index (χ0v) is 23.8. The summed E-state index contributed by atoms with van der Waals surface area (Å²) in [6.45, 7) is 2.85. The maximum Gasteiger partial charge on any atom is 0.503 e. The van der Waals surface area contributed by atoms with Crippen LogP contribution in [0.3, 0.4) is 0 Å². The smallest absolute Gasteiger partial charge is 0.450 e. The number of aromatic nitrogens is 1. The number of aryl methyl sites for hydroxylation is 1. The van der Waals surface area contributed by atoms with Gasteiger partial charge in [-0.2, -0.15) is 4.31 Å².